The second-order valence-corrected chi connectivity index (χ2v) is 7.18. The lowest BCUT2D eigenvalue weighted by molar-refractivity contribution is -0.163. The molecule has 2 heterocycles. The molecule has 0 aliphatic carbocycles. The number of hydrogen-bond donors (Lipinski definition) is 0. The summed E-state index contributed by atoms with van der Waals surface area (Å²) in [5.74, 6) is -1.01. The smallest absolute Gasteiger partial charge is 0.309 e. The Morgan fingerprint density at radius 1 is 1.45 bits per heavy atom. The van der Waals surface area contributed by atoms with Crippen LogP contribution in [0.1, 0.15) is 52.2 Å². The summed E-state index contributed by atoms with van der Waals surface area (Å²) >= 11 is 1.50. The Bertz CT molecular complexity index is 464. The van der Waals surface area contributed by atoms with E-state index < -0.39 is 11.4 Å². The van der Waals surface area contributed by atoms with E-state index in [0.717, 1.165) is 5.01 Å². The SMILES string of the molecule is CC(C)(C)OC(=O)C[C@H]1OC(C)(C)O[C@@H]1c1nccs1. The largest absolute Gasteiger partial charge is 0.460 e. The third-order valence-corrected chi connectivity index (χ3v) is 3.50. The van der Waals surface area contributed by atoms with Crippen molar-refractivity contribution < 1.29 is 19.0 Å². The highest BCUT2D eigenvalue weighted by Gasteiger charge is 2.44. The van der Waals surface area contributed by atoms with Gasteiger partial charge in [0.15, 0.2) is 5.79 Å². The lowest BCUT2D eigenvalue weighted by Crippen LogP contribution is -2.28. The Morgan fingerprint density at radius 2 is 2.15 bits per heavy atom. The first-order valence-electron chi connectivity index (χ1n) is 6.63. The third-order valence-electron chi connectivity index (χ3n) is 2.67. The van der Waals surface area contributed by atoms with Gasteiger partial charge >= 0.3 is 5.97 Å². The molecule has 20 heavy (non-hydrogen) atoms. The van der Waals surface area contributed by atoms with Crippen LogP contribution in [0.25, 0.3) is 0 Å². The minimum Gasteiger partial charge on any atom is -0.460 e. The zero-order valence-electron chi connectivity index (χ0n) is 12.5. The number of nitrogens with zero attached hydrogens (tertiary/aromatic N) is 1. The van der Waals surface area contributed by atoms with Gasteiger partial charge in [-0.3, -0.25) is 4.79 Å². The Morgan fingerprint density at radius 3 is 2.70 bits per heavy atom. The maximum atomic E-state index is 12.0. The molecule has 1 saturated heterocycles. The molecule has 2 rings (SSSR count). The molecule has 1 fully saturated rings. The lowest BCUT2D eigenvalue weighted by Gasteiger charge is -2.21. The van der Waals surface area contributed by atoms with E-state index in [4.69, 9.17) is 14.2 Å². The van der Waals surface area contributed by atoms with E-state index in [9.17, 15) is 4.79 Å². The Labute approximate surface area is 123 Å². The number of thiazole rings is 1. The van der Waals surface area contributed by atoms with Crippen molar-refractivity contribution in [1.82, 2.24) is 4.98 Å². The van der Waals surface area contributed by atoms with Gasteiger partial charge in [0.1, 0.15) is 22.8 Å². The monoisotopic (exact) mass is 299 g/mol. The van der Waals surface area contributed by atoms with Gasteiger partial charge in [0.2, 0.25) is 0 Å². The maximum Gasteiger partial charge on any atom is 0.309 e. The van der Waals surface area contributed by atoms with Crippen LogP contribution in [0.4, 0.5) is 0 Å². The summed E-state index contributed by atoms with van der Waals surface area (Å²) in [6.07, 6.45) is 1.19. The predicted octanol–water partition coefficient (Wildman–Crippen LogP) is 3.07. The van der Waals surface area contributed by atoms with Crippen molar-refractivity contribution >= 4 is 17.3 Å². The first-order valence-corrected chi connectivity index (χ1v) is 7.51. The molecule has 0 unspecified atom stereocenters. The van der Waals surface area contributed by atoms with Crippen molar-refractivity contribution in [3.8, 4) is 0 Å². The quantitative estimate of drug-likeness (QED) is 0.803. The average Bonchev–Trinajstić information content (AvgIpc) is 2.82. The number of carbonyl (C=O) groups excluding carboxylic acids is 1. The molecule has 0 saturated carbocycles. The molecular weight excluding hydrogens is 278 g/mol. The molecule has 0 aromatic carbocycles. The molecule has 1 aromatic heterocycles. The first kappa shape index (κ1) is 15.4. The van der Waals surface area contributed by atoms with Crippen LogP contribution < -0.4 is 0 Å². The summed E-state index contributed by atoms with van der Waals surface area (Å²) in [6, 6.07) is 0. The Hall–Kier alpha value is -0.980. The molecule has 2 atom stereocenters. The van der Waals surface area contributed by atoms with Crippen molar-refractivity contribution in [2.24, 2.45) is 0 Å². The second-order valence-electron chi connectivity index (χ2n) is 6.26. The number of rotatable bonds is 3. The van der Waals surface area contributed by atoms with Gasteiger partial charge in [-0.05, 0) is 34.6 Å². The number of carbonyl (C=O) groups is 1. The molecule has 1 aromatic rings. The standard InChI is InChI=1S/C14H21NO4S/c1-13(2,3)18-10(16)8-9-11(12-15-6-7-20-12)19-14(4,5)17-9/h6-7,9,11H,8H2,1-5H3/t9-,11+/m1/s1. The van der Waals surface area contributed by atoms with Crippen molar-refractivity contribution in [3.05, 3.63) is 16.6 Å². The molecule has 5 nitrogen and oxygen atoms in total. The fourth-order valence-electron chi connectivity index (χ4n) is 2.12. The van der Waals surface area contributed by atoms with Gasteiger partial charge in [0.25, 0.3) is 0 Å². The Balaban J connectivity index is 2.07. The van der Waals surface area contributed by atoms with E-state index >= 15 is 0 Å². The van der Waals surface area contributed by atoms with Gasteiger partial charge in [-0.1, -0.05) is 0 Å². The van der Waals surface area contributed by atoms with Crippen molar-refractivity contribution in [2.45, 2.75) is 64.6 Å². The zero-order valence-corrected chi connectivity index (χ0v) is 13.3. The van der Waals surface area contributed by atoms with Crippen LogP contribution in [-0.2, 0) is 19.0 Å². The number of hydrogen-bond acceptors (Lipinski definition) is 6. The highest BCUT2D eigenvalue weighted by molar-refractivity contribution is 7.09. The van der Waals surface area contributed by atoms with Crippen LogP contribution in [0.3, 0.4) is 0 Å². The minimum atomic E-state index is -0.719. The summed E-state index contributed by atoms with van der Waals surface area (Å²) in [7, 11) is 0. The molecular formula is C14H21NO4S. The molecule has 0 radical (unpaired) electrons. The van der Waals surface area contributed by atoms with E-state index in [2.05, 4.69) is 4.98 Å². The van der Waals surface area contributed by atoms with E-state index in [1.54, 1.807) is 6.20 Å². The molecule has 0 amide bonds. The third kappa shape index (κ3) is 4.01. The van der Waals surface area contributed by atoms with Gasteiger partial charge < -0.3 is 14.2 Å². The van der Waals surface area contributed by atoms with Gasteiger partial charge in [0.05, 0.1) is 6.42 Å². The van der Waals surface area contributed by atoms with Gasteiger partial charge in [-0.25, -0.2) is 4.98 Å². The maximum absolute atomic E-state index is 12.0. The van der Waals surface area contributed by atoms with E-state index in [-0.39, 0.29) is 24.6 Å². The van der Waals surface area contributed by atoms with E-state index in [1.807, 2.05) is 40.0 Å². The molecule has 6 heteroatoms. The Kier molecular flexibility index (Phi) is 4.18. The van der Waals surface area contributed by atoms with Crippen LogP contribution in [0, 0.1) is 0 Å². The molecule has 0 N–H and O–H groups in total. The average molecular weight is 299 g/mol. The summed E-state index contributed by atoms with van der Waals surface area (Å²) in [5.41, 5.74) is -0.497. The first-order chi connectivity index (χ1) is 9.16. The van der Waals surface area contributed by atoms with Crippen LogP contribution in [-0.4, -0.2) is 28.4 Å². The number of ether oxygens (including phenoxy) is 3. The van der Waals surface area contributed by atoms with Crippen molar-refractivity contribution in [3.63, 3.8) is 0 Å². The summed E-state index contributed by atoms with van der Waals surface area (Å²) in [5, 5.41) is 2.71. The minimum absolute atomic E-state index is 0.158. The highest BCUT2D eigenvalue weighted by Crippen LogP contribution is 2.40. The van der Waals surface area contributed by atoms with Gasteiger partial charge in [-0.2, -0.15) is 0 Å². The topological polar surface area (TPSA) is 57.7 Å². The van der Waals surface area contributed by atoms with Crippen molar-refractivity contribution in [2.75, 3.05) is 0 Å². The van der Waals surface area contributed by atoms with Crippen LogP contribution in [0.5, 0.6) is 0 Å². The predicted molar refractivity (Wildman–Crippen MR) is 75.4 cm³/mol. The van der Waals surface area contributed by atoms with Gasteiger partial charge in [-0.15, -0.1) is 11.3 Å². The summed E-state index contributed by atoms with van der Waals surface area (Å²) in [4.78, 5) is 16.2. The second kappa shape index (κ2) is 5.42. The van der Waals surface area contributed by atoms with Crippen LogP contribution in [0.15, 0.2) is 11.6 Å². The normalized spacial score (nSPS) is 25.6. The van der Waals surface area contributed by atoms with Crippen LogP contribution >= 0.6 is 11.3 Å². The molecule has 112 valence electrons. The summed E-state index contributed by atoms with van der Waals surface area (Å²) in [6.45, 7) is 9.21. The van der Waals surface area contributed by atoms with Crippen molar-refractivity contribution in [1.29, 1.82) is 0 Å². The van der Waals surface area contributed by atoms with E-state index in [1.165, 1.54) is 11.3 Å². The lowest BCUT2D eigenvalue weighted by atomic mass is 10.1. The number of aromatic nitrogens is 1. The molecule has 0 spiro atoms. The van der Waals surface area contributed by atoms with Crippen LogP contribution in [0.2, 0.25) is 0 Å². The highest BCUT2D eigenvalue weighted by atomic mass is 32.1. The molecule has 1 aliphatic heterocycles. The molecule has 0 bridgehead atoms. The number of esters is 1. The van der Waals surface area contributed by atoms with Gasteiger partial charge in [0, 0.05) is 11.6 Å². The zero-order chi connectivity index (χ0) is 15.0. The van der Waals surface area contributed by atoms with E-state index in [0.29, 0.717) is 0 Å². The fraction of sp³-hybridized carbons (Fsp3) is 0.714. The fourth-order valence-corrected chi connectivity index (χ4v) is 2.83. The summed E-state index contributed by atoms with van der Waals surface area (Å²) < 4.78 is 17.0. The molecule has 1 aliphatic rings.